The van der Waals surface area contributed by atoms with Crippen LogP contribution in [0.3, 0.4) is 0 Å². The molecular weight excluding hydrogens is 423 g/mol. The molecule has 1 unspecified atom stereocenters. The second-order valence-electron chi connectivity index (χ2n) is 8.44. The Hall–Kier alpha value is -3.65. The number of aryl methyl sites for hydroxylation is 1. The van der Waals surface area contributed by atoms with Gasteiger partial charge < -0.3 is 19.5 Å². The molecule has 4 aromatic rings. The molecule has 0 aliphatic carbocycles. The summed E-state index contributed by atoms with van der Waals surface area (Å²) in [5.41, 5.74) is 5.01. The van der Waals surface area contributed by atoms with E-state index in [1.165, 1.54) is 12.1 Å². The van der Waals surface area contributed by atoms with E-state index in [0.29, 0.717) is 11.4 Å². The van der Waals surface area contributed by atoms with Crippen LogP contribution in [0.15, 0.2) is 48.5 Å². The summed E-state index contributed by atoms with van der Waals surface area (Å²) in [6.07, 6.45) is 1.92. The van der Waals surface area contributed by atoms with Gasteiger partial charge in [-0.2, -0.15) is 5.10 Å². The van der Waals surface area contributed by atoms with E-state index in [9.17, 15) is 9.50 Å². The Balaban J connectivity index is 1.59. The number of hydrogen-bond acceptors (Lipinski definition) is 6. The summed E-state index contributed by atoms with van der Waals surface area (Å²) in [5, 5.41) is 14.7. The number of rotatable bonds is 4. The molecule has 6 rings (SSSR count). The number of ether oxygens (including phenoxy) is 2. The van der Waals surface area contributed by atoms with Crippen molar-refractivity contribution in [3.8, 4) is 33.9 Å². The third-order valence-electron chi connectivity index (χ3n) is 6.43. The van der Waals surface area contributed by atoms with E-state index >= 15 is 0 Å². The molecule has 2 aromatic heterocycles. The lowest BCUT2D eigenvalue weighted by Crippen LogP contribution is -2.32. The monoisotopic (exact) mass is 446 g/mol. The quantitative estimate of drug-likeness (QED) is 0.507. The van der Waals surface area contributed by atoms with Gasteiger partial charge in [-0.25, -0.2) is 13.9 Å². The average molecular weight is 446 g/mol. The van der Waals surface area contributed by atoms with Crippen LogP contribution in [0.4, 0.5) is 10.2 Å². The van der Waals surface area contributed by atoms with Crippen LogP contribution >= 0.6 is 0 Å². The second kappa shape index (κ2) is 7.74. The summed E-state index contributed by atoms with van der Waals surface area (Å²) in [5.74, 6) is 1.90. The van der Waals surface area contributed by atoms with E-state index in [1.54, 1.807) is 12.1 Å². The van der Waals surface area contributed by atoms with Gasteiger partial charge in [0.15, 0.2) is 17.1 Å². The Morgan fingerprint density at radius 2 is 1.85 bits per heavy atom. The van der Waals surface area contributed by atoms with Gasteiger partial charge in [0, 0.05) is 23.7 Å². The van der Waals surface area contributed by atoms with Crippen LogP contribution in [0.2, 0.25) is 0 Å². The number of aliphatic hydroxyl groups excluding tert-OH is 1. The van der Waals surface area contributed by atoms with Crippen molar-refractivity contribution >= 4 is 11.5 Å². The van der Waals surface area contributed by atoms with Crippen molar-refractivity contribution in [1.29, 1.82) is 0 Å². The summed E-state index contributed by atoms with van der Waals surface area (Å²) in [7, 11) is 0. The molecule has 1 fully saturated rings. The summed E-state index contributed by atoms with van der Waals surface area (Å²) >= 11 is 0. The molecule has 33 heavy (non-hydrogen) atoms. The van der Waals surface area contributed by atoms with Crippen molar-refractivity contribution in [3.63, 3.8) is 0 Å². The first-order valence-corrected chi connectivity index (χ1v) is 11.1. The second-order valence-corrected chi connectivity index (χ2v) is 8.44. The van der Waals surface area contributed by atoms with Gasteiger partial charge >= 0.3 is 0 Å². The molecule has 0 amide bonds. The summed E-state index contributed by atoms with van der Waals surface area (Å²) in [4.78, 5) is 7.17. The number of benzene rings is 2. The zero-order chi connectivity index (χ0) is 22.5. The van der Waals surface area contributed by atoms with Crippen LogP contribution in [0.25, 0.3) is 28.0 Å². The molecule has 168 valence electrons. The Morgan fingerprint density at radius 1 is 1.06 bits per heavy atom. The highest BCUT2D eigenvalue weighted by molar-refractivity contribution is 5.84. The molecule has 1 N–H and O–H groups in total. The third kappa shape index (κ3) is 3.29. The van der Waals surface area contributed by atoms with Crippen LogP contribution < -0.4 is 14.4 Å². The maximum atomic E-state index is 13.6. The van der Waals surface area contributed by atoms with Gasteiger partial charge in [0.05, 0.1) is 24.0 Å². The summed E-state index contributed by atoms with van der Waals surface area (Å²) in [6, 6.07) is 14.2. The van der Waals surface area contributed by atoms with E-state index in [1.807, 2.05) is 35.7 Å². The minimum atomic E-state index is -0.290. The first-order chi connectivity index (χ1) is 16.1. The van der Waals surface area contributed by atoms with Gasteiger partial charge in [0.2, 0.25) is 6.79 Å². The Morgan fingerprint density at radius 3 is 2.67 bits per heavy atom. The zero-order valence-electron chi connectivity index (χ0n) is 18.2. The lowest BCUT2D eigenvalue weighted by molar-refractivity contribution is 0.174. The number of aromatic nitrogens is 3. The molecule has 0 spiro atoms. The minimum Gasteiger partial charge on any atom is -0.454 e. The van der Waals surface area contributed by atoms with Crippen molar-refractivity contribution in [1.82, 2.24) is 14.6 Å². The van der Waals surface area contributed by atoms with Gasteiger partial charge in [-0.05, 0) is 61.7 Å². The smallest absolute Gasteiger partial charge is 0.231 e. The molecule has 7 nitrogen and oxygen atoms in total. The predicted molar refractivity (Wildman–Crippen MR) is 122 cm³/mol. The molecule has 0 radical (unpaired) electrons. The maximum Gasteiger partial charge on any atom is 0.231 e. The van der Waals surface area contributed by atoms with Gasteiger partial charge in [0.1, 0.15) is 11.6 Å². The van der Waals surface area contributed by atoms with Crippen molar-refractivity contribution in [2.45, 2.75) is 25.8 Å². The number of anilines is 1. The predicted octanol–water partition coefficient (Wildman–Crippen LogP) is 4.20. The molecule has 1 atom stereocenters. The van der Waals surface area contributed by atoms with Crippen LogP contribution in [0, 0.1) is 12.7 Å². The Bertz CT molecular complexity index is 1350. The molecule has 4 heterocycles. The maximum absolute atomic E-state index is 13.6. The molecule has 2 aliphatic heterocycles. The zero-order valence-corrected chi connectivity index (χ0v) is 18.2. The van der Waals surface area contributed by atoms with Gasteiger partial charge in [0.25, 0.3) is 0 Å². The standard InChI is InChI=1S/C25H23FN4O3/c1-15-24(17-6-9-21-22(11-17)33-14-32-21)25-27-23(29-10-2-3-19(29)13-31)12-20(30(25)28-15)16-4-7-18(26)8-5-16/h4-9,11-12,19,31H,2-3,10,13-14H2,1H3. The molecule has 0 saturated carbocycles. The minimum absolute atomic E-state index is 0.0269. The van der Waals surface area contributed by atoms with E-state index in [-0.39, 0.29) is 25.3 Å². The van der Waals surface area contributed by atoms with Crippen molar-refractivity contribution in [3.05, 3.63) is 60.0 Å². The van der Waals surface area contributed by atoms with Crippen LogP contribution in [0.1, 0.15) is 18.5 Å². The highest BCUT2D eigenvalue weighted by atomic mass is 19.1. The van der Waals surface area contributed by atoms with Crippen molar-refractivity contribution < 1.29 is 19.0 Å². The molecular formula is C25H23FN4O3. The van der Waals surface area contributed by atoms with Crippen LogP contribution in [-0.4, -0.2) is 45.7 Å². The molecule has 2 aromatic carbocycles. The van der Waals surface area contributed by atoms with Gasteiger partial charge in [-0.15, -0.1) is 0 Å². The first kappa shape index (κ1) is 20.0. The SMILES string of the molecule is Cc1nn2c(-c3ccc(F)cc3)cc(N3CCCC3CO)nc2c1-c1ccc2c(c1)OCO2. The fraction of sp³-hybridized carbons (Fsp3) is 0.280. The summed E-state index contributed by atoms with van der Waals surface area (Å²) < 4.78 is 26.5. The first-order valence-electron chi connectivity index (χ1n) is 11.1. The fourth-order valence-electron chi connectivity index (χ4n) is 4.80. The highest BCUT2D eigenvalue weighted by Crippen LogP contribution is 2.39. The molecule has 8 heteroatoms. The fourth-order valence-corrected chi connectivity index (χ4v) is 4.80. The van der Waals surface area contributed by atoms with E-state index in [2.05, 4.69) is 4.90 Å². The average Bonchev–Trinajstić information content (AvgIpc) is 3.56. The summed E-state index contributed by atoms with van der Waals surface area (Å²) in [6.45, 7) is 3.06. The molecule has 1 saturated heterocycles. The number of aliphatic hydroxyl groups is 1. The lowest BCUT2D eigenvalue weighted by Gasteiger charge is -2.25. The largest absolute Gasteiger partial charge is 0.454 e. The lowest BCUT2D eigenvalue weighted by atomic mass is 10.1. The third-order valence-corrected chi connectivity index (χ3v) is 6.43. The highest BCUT2D eigenvalue weighted by Gasteiger charge is 2.27. The van der Waals surface area contributed by atoms with Gasteiger partial charge in [-0.3, -0.25) is 0 Å². The van der Waals surface area contributed by atoms with Crippen molar-refractivity contribution in [2.75, 3.05) is 24.8 Å². The number of halogens is 1. The molecule has 0 bridgehead atoms. The number of nitrogens with zero attached hydrogens (tertiary/aromatic N) is 4. The van der Waals surface area contributed by atoms with E-state index in [4.69, 9.17) is 19.6 Å². The Kier molecular flexibility index (Phi) is 4.69. The van der Waals surface area contributed by atoms with E-state index in [0.717, 1.165) is 59.0 Å². The molecule has 2 aliphatic rings. The Labute approximate surface area is 190 Å². The normalized spacial score (nSPS) is 17.3. The van der Waals surface area contributed by atoms with E-state index < -0.39 is 0 Å². The number of fused-ring (bicyclic) bond motifs is 2. The van der Waals surface area contributed by atoms with Crippen LogP contribution in [-0.2, 0) is 0 Å². The number of hydrogen-bond donors (Lipinski definition) is 1. The van der Waals surface area contributed by atoms with Crippen molar-refractivity contribution in [2.24, 2.45) is 0 Å². The van der Waals surface area contributed by atoms with Crippen LogP contribution in [0.5, 0.6) is 11.5 Å². The topological polar surface area (TPSA) is 72.1 Å². The van der Waals surface area contributed by atoms with Gasteiger partial charge in [-0.1, -0.05) is 6.07 Å².